The smallest absolute Gasteiger partial charge is 0.277 e. The van der Waals surface area contributed by atoms with Gasteiger partial charge in [-0.15, -0.1) is 0 Å². The Balaban J connectivity index is 1.82. The van der Waals surface area contributed by atoms with Crippen molar-refractivity contribution in [1.29, 1.82) is 0 Å². The van der Waals surface area contributed by atoms with Gasteiger partial charge in [-0.1, -0.05) is 30.3 Å². The number of nitrogens with zero attached hydrogens (tertiary/aromatic N) is 1. The van der Waals surface area contributed by atoms with Crippen LogP contribution in [0.15, 0.2) is 53.6 Å². The van der Waals surface area contributed by atoms with E-state index in [4.69, 9.17) is 9.47 Å². The van der Waals surface area contributed by atoms with Crippen LogP contribution in [-0.4, -0.2) is 25.8 Å². The Morgan fingerprint density at radius 1 is 1.23 bits per heavy atom. The zero-order chi connectivity index (χ0) is 15.8. The molecule has 0 aliphatic carbocycles. The number of amides is 1. The maximum atomic E-state index is 11.7. The molecule has 2 aromatic carbocycles. The first-order chi connectivity index (χ1) is 10.7. The third-order valence-corrected chi connectivity index (χ3v) is 2.95. The molecule has 2 rings (SSSR count). The lowest BCUT2D eigenvalue weighted by Gasteiger charge is -2.07. The zero-order valence-corrected chi connectivity index (χ0v) is 12.6. The van der Waals surface area contributed by atoms with E-state index < -0.39 is 0 Å². The molecule has 0 aliphatic rings. The van der Waals surface area contributed by atoms with Crippen LogP contribution in [0.25, 0.3) is 0 Å². The minimum atomic E-state index is -0.317. The van der Waals surface area contributed by atoms with Gasteiger partial charge in [-0.05, 0) is 36.2 Å². The van der Waals surface area contributed by atoms with E-state index in [1.54, 1.807) is 13.3 Å². The molecule has 1 amide bonds. The predicted molar refractivity (Wildman–Crippen MR) is 85.4 cm³/mol. The van der Waals surface area contributed by atoms with Crippen LogP contribution in [0.5, 0.6) is 11.5 Å². The number of nitrogens with one attached hydrogen (secondary N) is 1. The molecule has 0 atom stereocenters. The van der Waals surface area contributed by atoms with E-state index in [-0.39, 0.29) is 12.5 Å². The maximum Gasteiger partial charge on any atom is 0.277 e. The number of para-hydroxylation sites is 1. The molecule has 22 heavy (non-hydrogen) atoms. The molecule has 114 valence electrons. The zero-order valence-electron chi connectivity index (χ0n) is 12.6. The molecule has 0 heterocycles. The Morgan fingerprint density at radius 2 is 2.05 bits per heavy atom. The number of carbonyl (C=O) groups excluding carboxylic acids is 1. The van der Waals surface area contributed by atoms with Crippen LogP contribution in [0.1, 0.15) is 11.1 Å². The normalized spacial score (nSPS) is 10.5. The number of hydrogen-bond acceptors (Lipinski definition) is 4. The first-order valence-electron chi connectivity index (χ1n) is 6.83. The summed E-state index contributed by atoms with van der Waals surface area (Å²) in [7, 11) is 1.60. The van der Waals surface area contributed by atoms with Gasteiger partial charge in [0.2, 0.25) is 0 Å². The van der Waals surface area contributed by atoms with Crippen molar-refractivity contribution in [2.24, 2.45) is 5.10 Å². The SMILES string of the molecule is COc1cccc(/C=N\NC(=O)COc2ccccc2C)c1. The van der Waals surface area contributed by atoms with Gasteiger partial charge in [-0.25, -0.2) is 5.43 Å². The van der Waals surface area contributed by atoms with Gasteiger partial charge in [0.1, 0.15) is 11.5 Å². The van der Waals surface area contributed by atoms with E-state index in [1.165, 1.54) is 0 Å². The summed E-state index contributed by atoms with van der Waals surface area (Å²) in [6.07, 6.45) is 1.55. The van der Waals surface area contributed by atoms with Crippen LogP contribution in [-0.2, 0) is 4.79 Å². The van der Waals surface area contributed by atoms with E-state index in [0.29, 0.717) is 5.75 Å². The summed E-state index contributed by atoms with van der Waals surface area (Å²) in [6, 6.07) is 14.9. The maximum absolute atomic E-state index is 11.7. The van der Waals surface area contributed by atoms with Crippen LogP contribution < -0.4 is 14.9 Å². The first-order valence-corrected chi connectivity index (χ1v) is 6.83. The van der Waals surface area contributed by atoms with Crippen molar-refractivity contribution in [3.8, 4) is 11.5 Å². The Bertz CT molecular complexity index is 668. The van der Waals surface area contributed by atoms with Gasteiger partial charge in [-0.2, -0.15) is 5.10 Å². The first kappa shape index (κ1) is 15.6. The summed E-state index contributed by atoms with van der Waals surface area (Å²) in [4.78, 5) is 11.7. The summed E-state index contributed by atoms with van der Waals surface area (Å²) in [5, 5.41) is 3.89. The minimum Gasteiger partial charge on any atom is -0.497 e. The topological polar surface area (TPSA) is 59.9 Å². The standard InChI is InChI=1S/C17H18N2O3/c1-13-6-3-4-9-16(13)22-12-17(20)19-18-11-14-7-5-8-15(10-14)21-2/h3-11H,12H2,1-2H3,(H,19,20)/b18-11-. The molecule has 0 aliphatic heterocycles. The fourth-order valence-electron chi connectivity index (χ4n) is 1.79. The molecule has 0 radical (unpaired) electrons. The molecule has 0 bridgehead atoms. The lowest BCUT2D eigenvalue weighted by atomic mass is 10.2. The molecule has 0 saturated carbocycles. The quantitative estimate of drug-likeness (QED) is 0.658. The van der Waals surface area contributed by atoms with Crippen LogP contribution >= 0.6 is 0 Å². The minimum absolute atomic E-state index is 0.0830. The van der Waals surface area contributed by atoms with E-state index in [1.807, 2.05) is 55.5 Å². The molecule has 0 unspecified atom stereocenters. The molecule has 0 saturated heterocycles. The number of carbonyl (C=O) groups is 1. The second kappa shape index (κ2) is 7.83. The van der Waals surface area contributed by atoms with Crippen LogP contribution in [0.4, 0.5) is 0 Å². The number of hydrogen-bond donors (Lipinski definition) is 1. The van der Waals surface area contributed by atoms with Crippen LogP contribution in [0.2, 0.25) is 0 Å². The number of ether oxygens (including phenoxy) is 2. The molecule has 5 heteroatoms. The van der Waals surface area contributed by atoms with Crippen molar-refractivity contribution < 1.29 is 14.3 Å². The number of rotatable bonds is 6. The summed E-state index contributed by atoms with van der Waals surface area (Å²) >= 11 is 0. The van der Waals surface area contributed by atoms with Gasteiger partial charge in [0.05, 0.1) is 13.3 Å². The molecule has 1 N–H and O–H groups in total. The fraction of sp³-hybridized carbons (Fsp3) is 0.176. The van der Waals surface area contributed by atoms with Gasteiger partial charge >= 0.3 is 0 Å². The molecular weight excluding hydrogens is 280 g/mol. The van der Waals surface area contributed by atoms with Crippen LogP contribution in [0, 0.1) is 6.92 Å². The van der Waals surface area contributed by atoms with Crippen molar-refractivity contribution >= 4 is 12.1 Å². The monoisotopic (exact) mass is 298 g/mol. The van der Waals surface area contributed by atoms with Gasteiger partial charge in [0.15, 0.2) is 6.61 Å². The lowest BCUT2D eigenvalue weighted by molar-refractivity contribution is -0.123. The number of benzene rings is 2. The third kappa shape index (κ3) is 4.63. The molecular formula is C17H18N2O3. The van der Waals surface area contributed by atoms with Crippen molar-refractivity contribution in [3.63, 3.8) is 0 Å². The Hall–Kier alpha value is -2.82. The number of hydrazone groups is 1. The number of aryl methyl sites for hydroxylation is 1. The Morgan fingerprint density at radius 3 is 2.82 bits per heavy atom. The van der Waals surface area contributed by atoms with E-state index in [9.17, 15) is 4.79 Å². The highest BCUT2D eigenvalue weighted by molar-refractivity contribution is 5.83. The summed E-state index contributed by atoms with van der Waals surface area (Å²) in [5.74, 6) is 1.11. The van der Waals surface area contributed by atoms with Gasteiger partial charge in [0.25, 0.3) is 5.91 Å². The summed E-state index contributed by atoms with van der Waals surface area (Å²) < 4.78 is 10.5. The highest BCUT2D eigenvalue weighted by atomic mass is 16.5. The third-order valence-electron chi connectivity index (χ3n) is 2.95. The van der Waals surface area contributed by atoms with Gasteiger partial charge in [0, 0.05) is 0 Å². The predicted octanol–water partition coefficient (Wildman–Crippen LogP) is 2.53. The summed E-state index contributed by atoms with van der Waals surface area (Å²) in [5.41, 5.74) is 4.24. The lowest BCUT2D eigenvalue weighted by Crippen LogP contribution is -2.24. The van der Waals surface area contributed by atoms with Crippen molar-refractivity contribution in [2.45, 2.75) is 6.92 Å². The highest BCUT2D eigenvalue weighted by Gasteiger charge is 2.03. The Labute approximate surface area is 129 Å². The van der Waals surface area contributed by atoms with E-state index in [0.717, 1.165) is 16.9 Å². The summed E-state index contributed by atoms with van der Waals surface area (Å²) in [6.45, 7) is 1.84. The number of methoxy groups -OCH3 is 1. The van der Waals surface area contributed by atoms with E-state index in [2.05, 4.69) is 10.5 Å². The van der Waals surface area contributed by atoms with Crippen molar-refractivity contribution in [2.75, 3.05) is 13.7 Å². The molecule has 0 spiro atoms. The second-order valence-electron chi connectivity index (χ2n) is 4.62. The van der Waals surface area contributed by atoms with E-state index >= 15 is 0 Å². The average molecular weight is 298 g/mol. The molecule has 5 nitrogen and oxygen atoms in total. The molecule has 0 fully saturated rings. The highest BCUT2D eigenvalue weighted by Crippen LogP contribution is 2.15. The van der Waals surface area contributed by atoms with Gasteiger partial charge < -0.3 is 9.47 Å². The second-order valence-corrected chi connectivity index (χ2v) is 4.62. The average Bonchev–Trinajstić information content (AvgIpc) is 2.54. The van der Waals surface area contributed by atoms with Crippen molar-refractivity contribution in [1.82, 2.24) is 5.43 Å². The Kier molecular flexibility index (Phi) is 5.54. The van der Waals surface area contributed by atoms with Gasteiger partial charge in [-0.3, -0.25) is 4.79 Å². The van der Waals surface area contributed by atoms with Crippen molar-refractivity contribution in [3.05, 3.63) is 59.7 Å². The fourth-order valence-corrected chi connectivity index (χ4v) is 1.79. The molecule has 2 aromatic rings. The van der Waals surface area contributed by atoms with Crippen LogP contribution in [0.3, 0.4) is 0 Å². The molecule has 0 aromatic heterocycles. The largest absolute Gasteiger partial charge is 0.497 e.